The second-order valence-electron chi connectivity index (χ2n) is 7.77. The molecule has 0 aliphatic heterocycles. The number of alkyl halides is 3. The molecule has 1 heterocycles. The van der Waals surface area contributed by atoms with Gasteiger partial charge < -0.3 is 9.30 Å². The molecule has 152 valence electrons. The maximum absolute atomic E-state index is 12.3. The van der Waals surface area contributed by atoms with Crippen LogP contribution >= 0.6 is 0 Å². The maximum atomic E-state index is 12.3. The zero-order valence-electron chi connectivity index (χ0n) is 16.2. The van der Waals surface area contributed by atoms with Crippen molar-refractivity contribution in [2.75, 3.05) is 0 Å². The van der Waals surface area contributed by atoms with Gasteiger partial charge in [0.05, 0.1) is 0 Å². The van der Waals surface area contributed by atoms with Crippen LogP contribution < -0.4 is 4.74 Å². The lowest BCUT2D eigenvalue weighted by atomic mass is 9.94. The van der Waals surface area contributed by atoms with Crippen LogP contribution in [0.2, 0.25) is 0 Å². The minimum absolute atomic E-state index is 0.209. The van der Waals surface area contributed by atoms with Crippen molar-refractivity contribution in [2.45, 2.75) is 45.5 Å². The summed E-state index contributed by atoms with van der Waals surface area (Å²) in [4.78, 5) is 4.42. The van der Waals surface area contributed by atoms with Gasteiger partial charge in [-0.15, -0.1) is 13.2 Å². The van der Waals surface area contributed by atoms with Gasteiger partial charge in [-0.2, -0.15) is 0 Å². The number of ether oxygens (including phenoxy) is 1. The van der Waals surface area contributed by atoms with Crippen molar-refractivity contribution in [3.05, 3.63) is 72.3 Å². The van der Waals surface area contributed by atoms with Crippen LogP contribution in [0.5, 0.6) is 5.75 Å². The van der Waals surface area contributed by atoms with E-state index in [1.54, 1.807) is 12.1 Å². The molecule has 4 rings (SSSR count). The minimum Gasteiger partial charge on any atom is -0.406 e. The van der Waals surface area contributed by atoms with E-state index in [4.69, 9.17) is 0 Å². The zero-order chi connectivity index (χ0) is 20.5. The first-order valence-electron chi connectivity index (χ1n) is 9.81. The molecule has 0 bridgehead atoms. The molecule has 2 aromatic carbocycles. The van der Waals surface area contributed by atoms with Gasteiger partial charge in [-0.3, -0.25) is 0 Å². The largest absolute Gasteiger partial charge is 0.573 e. The van der Waals surface area contributed by atoms with Gasteiger partial charge >= 0.3 is 6.36 Å². The van der Waals surface area contributed by atoms with Gasteiger partial charge in [-0.05, 0) is 53.5 Å². The molecular formula is C23H23F3N2O. The third-order valence-electron chi connectivity index (χ3n) is 5.54. The van der Waals surface area contributed by atoms with E-state index in [0.717, 1.165) is 36.3 Å². The maximum Gasteiger partial charge on any atom is 0.573 e. The van der Waals surface area contributed by atoms with Crippen LogP contribution in [0.15, 0.2) is 60.9 Å². The Bertz CT molecular complexity index is 955. The van der Waals surface area contributed by atoms with Crippen LogP contribution in [0.25, 0.3) is 11.1 Å². The highest BCUT2D eigenvalue weighted by Gasteiger charge is 2.43. The van der Waals surface area contributed by atoms with Crippen molar-refractivity contribution in [1.29, 1.82) is 0 Å². The van der Waals surface area contributed by atoms with Crippen molar-refractivity contribution >= 4 is 0 Å². The standard InChI is InChI=1S/C23H23F3N2O/c1-2-21-27-13-14-28(21)16-22(11-12-22)15-17-3-5-18(6-4-17)19-7-9-20(10-8-19)29-23(24,25)26/h3-10,13-14H,2,11-12,15-16H2,1H3. The molecule has 1 fully saturated rings. The van der Waals surface area contributed by atoms with Crippen molar-refractivity contribution in [1.82, 2.24) is 9.55 Å². The number of hydrogen-bond donors (Lipinski definition) is 0. The summed E-state index contributed by atoms with van der Waals surface area (Å²) in [7, 11) is 0. The molecule has 29 heavy (non-hydrogen) atoms. The first kappa shape index (κ1) is 19.6. The van der Waals surface area contributed by atoms with E-state index >= 15 is 0 Å². The smallest absolute Gasteiger partial charge is 0.406 e. The van der Waals surface area contributed by atoms with Crippen LogP contribution in [0.4, 0.5) is 13.2 Å². The summed E-state index contributed by atoms with van der Waals surface area (Å²) in [5.74, 6) is 0.920. The molecule has 0 saturated heterocycles. The number of nitrogens with zero attached hydrogens (tertiary/aromatic N) is 2. The van der Waals surface area contributed by atoms with E-state index in [9.17, 15) is 13.2 Å². The number of hydrogen-bond acceptors (Lipinski definition) is 2. The SMILES string of the molecule is CCc1nccn1CC1(Cc2ccc(-c3ccc(OC(F)(F)F)cc3)cc2)CC1. The van der Waals surface area contributed by atoms with E-state index in [1.807, 2.05) is 18.3 Å². The number of halogens is 3. The van der Waals surface area contributed by atoms with Crippen LogP contribution in [-0.2, 0) is 19.4 Å². The van der Waals surface area contributed by atoms with Crippen LogP contribution in [-0.4, -0.2) is 15.9 Å². The molecule has 1 aromatic heterocycles. The average molecular weight is 400 g/mol. The fraction of sp³-hybridized carbons (Fsp3) is 0.348. The second-order valence-corrected chi connectivity index (χ2v) is 7.77. The molecule has 3 nitrogen and oxygen atoms in total. The highest BCUT2D eigenvalue weighted by Crippen LogP contribution is 2.50. The van der Waals surface area contributed by atoms with Gasteiger partial charge in [-0.1, -0.05) is 43.3 Å². The van der Waals surface area contributed by atoms with Gasteiger partial charge in [0, 0.05) is 25.4 Å². The predicted molar refractivity (Wildman–Crippen MR) is 106 cm³/mol. The molecular weight excluding hydrogens is 377 g/mol. The third-order valence-corrected chi connectivity index (χ3v) is 5.54. The summed E-state index contributed by atoms with van der Waals surface area (Å²) in [5, 5.41) is 0. The molecule has 0 N–H and O–H groups in total. The Morgan fingerprint density at radius 1 is 1.00 bits per heavy atom. The molecule has 0 spiro atoms. The van der Waals surface area contributed by atoms with Crippen molar-refractivity contribution < 1.29 is 17.9 Å². The van der Waals surface area contributed by atoms with Gasteiger partial charge in [0.2, 0.25) is 0 Å². The summed E-state index contributed by atoms with van der Waals surface area (Å²) in [6, 6.07) is 14.3. The summed E-state index contributed by atoms with van der Waals surface area (Å²) >= 11 is 0. The molecule has 6 heteroatoms. The first-order chi connectivity index (χ1) is 13.9. The average Bonchev–Trinajstić information content (AvgIpc) is 3.28. The molecule has 0 unspecified atom stereocenters. The highest BCUT2D eigenvalue weighted by molar-refractivity contribution is 5.64. The monoisotopic (exact) mass is 400 g/mol. The third kappa shape index (κ3) is 4.81. The summed E-state index contributed by atoms with van der Waals surface area (Å²) in [5.41, 5.74) is 3.42. The number of benzene rings is 2. The van der Waals surface area contributed by atoms with Crippen LogP contribution in [0.1, 0.15) is 31.2 Å². The first-order valence-corrected chi connectivity index (χ1v) is 9.81. The molecule has 1 saturated carbocycles. The Kier molecular flexibility index (Phi) is 5.11. The highest BCUT2D eigenvalue weighted by atomic mass is 19.4. The number of aryl methyl sites for hydroxylation is 1. The van der Waals surface area contributed by atoms with E-state index in [2.05, 4.69) is 39.5 Å². The summed E-state index contributed by atoms with van der Waals surface area (Å²) in [6.45, 7) is 3.12. The molecule has 1 aliphatic carbocycles. The second kappa shape index (κ2) is 7.58. The Morgan fingerprint density at radius 2 is 1.62 bits per heavy atom. The Hall–Kier alpha value is -2.76. The normalized spacial score (nSPS) is 15.3. The van der Waals surface area contributed by atoms with Crippen molar-refractivity contribution in [3.8, 4) is 16.9 Å². The van der Waals surface area contributed by atoms with Gasteiger partial charge in [0.15, 0.2) is 0 Å². The Morgan fingerprint density at radius 3 is 2.17 bits per heavy atom. The lowest BCUT2D eigenvalue weighted by molar-refractivity contribution is -0.274. The molecule has 3 aromatic rings. The van der Waals surface area contributed by atoms with Crippen molar-refractivity contribution in [3.63, 3.8) is 0 Å². The molecule has 0 radical (unpaired) electrons. The minimum atomic E-state index is -4.67. The van der Waals surface area contributed by atoms with Gasteiger partial charge in [-0.25, -0.2) is 4.98 Å². The Labute approximate surface area is 168 Å². The van der Waals surface area contributed by atoms with Crippen LogP contribution in [0, 0.1) is 5.41 Å². The molecule has 1 aliphatic rings. The quantitative estimate of drug-likeness (QED) is 0.484. The zero-order valence-corrected chi connectivity index (χ0v) is 16.2. The summed E-state index contributed by atoms with van der Waals surface area (Å²) in [6.07, 6.45) is 3.66. The molecule has 0 amide bonds. The van der Waals surface area contributed by atoms with E-state index in [0.29, 0.717) is 5.41 Å². The topological polar surface area (TPSA) is 27.1 Å². The van der Waals surface area contributed by atoms with E-state index in [-0.39, 0.29) is 5.75 Å². The lowest BCUT2D eigenvalue weighted by Crippen LogP contribution is -2.16. The van der Waals surface area contributed by atoms with E-state index in [1.165, 1.54) is 30.5 Å². The van der Waals surface area contributed by atoms with Crippen LogP contribution in [0.3, 0.4) is 0 Å². The number of rotatable bonds is 7. The van der Waals surface area contributed by atoms with Gasteiger partial charge in [0.1, 0.15) is 11.6 Å². The fourth-order valence-corrected chi connectivity index (χ4v) is 3.82. The lowest BCUT2D eigenvalue weighted by Gasteiger charge is -2.18. The number of aromatic nitrogens is 2. The fourth-order valence-electron chi connectivity index (χ4n) is 3.82. The van der Waals surface area contributed by atoms with E-state index < -0.39 is 6.36 Å². The van der Waals surface area contributed by atoms with Gasteiger partial charge in [0.25, 0.3) is 0 Å². The number of imidazole rings is 1. The molecule has 0 atom stereocenters. The van der Waals surface area contributed by atoms with Crippen molar-refractivity contribution in [2.24, 2.45) is 5.41 Å². The predicted octanol–water partition coefficient (Wildman–Crippen LogP) is 6.03. The summed E-state index contributed by atoms with van der Waals surface area (Å²) < 4.78 is 43.0. The Balaban J connectivity index is 1.42.